The van der Waals surface area contributed by atoms with E-state index in [1.807, 2.05) is 16.8 Å². The van der Waals surface area contributed by atoms with Crippen molar-refractivity contribution in [2.75, 3.05) is 18.1 Å². The number of hydrogen-bond donors (Lipinski definition) is 1. The standard InChI is InChI=1S/C14H14N4OS2/c19-8-9-2-1-5-18(9)14-16-10-3-6-20-12(10)11(17-14)13-15-4-7-21-13/h3-4,6-7,9,19H,1-2,5,8H2/t9-/m0/s1. The number of thiophene rings is 1. The summed E-state index contributed by atoms with van der Waals surface area (Å²) in [7, 11) is 0. The molecule has 0 bridgehead atoms. The van der Waals surface area contributed by atoms with E-state index >= 15 is 0 Å². The predicted molar refractivity (Wildman–Crippen MR) is 86.0 cm³/mol. The van der Waals surface area contributed by atoms with Gasteiger partial charge in [-0.1, -0.05) is 0 Å². The van der Waals surface area contributed by atoms with Crippen LogP contribution in [-0.4, -0.2) is 39.3 Å². The lowest BCUT2D eigenvalue weighted by Gasteiger charge is -2.23. The lowest BCUT2D eigenvalue weighted by molar-refractivity contribution is 0.265. The highest BCUT2D eigenvalue weighted by Gasteiger charge is 2.27. The number of hydrogen-bond acceptors (Lipinski definition) is 7. The maximum Gasteiger partial charge on any atom is 0.226 e. The Morgan fingerprint density at radius 3 is 3.05 bits per heavy atom. The summed E-state index contributed by atoms with van der Waals surface area (Å²) in [5, 5.41) is 14.4. The number of thiazole rings is 1. The highest BCUT2D eigenvalue weighted by molar-refractivity contribution is 7.18. The third kappa shape index (κ3) is 2.21. The zero-order valence-electron chi connectivity index (χ0n) is 11.3. The van der Waals surface area contributed by atoms with Crippen molar-refractivity contribution in [1.82, 2.24) is 15.0 Å². The molecule has 1 aliphatic rings. The summed E-state index contributed by atoms with van der Waals surface area (Å²) in [5.74, 6) is 0.711. The molecular formula is C14H14N4OS2. The van der Waals surface area contributed by atoms with Gasteiger partial charge < -0.3 is 10.0 Å². The van der Waals surface area contributed by atoms with E-state index in [0.29, 0.717) is 5.95 Å². The molecule has 108 valence electrons. The normalized spacial score (nSPS) is 18.7. The molecule has 1 aliphatic heterocycles. The fourth-order valence-electron chi connectivity index (χ4n) is 2.75. The van der Waals surface area contributed by atoms with Gasteiger partial charge in [0.05, 0.1) is 22.9 Å². The van der Waals surface area contributed by atoms with Crippen LogP contribution in [0.4, 0.5) is 5.95 Å². The highest BCUT2D eigenvalue weighted by Crippen LogP contribution is 2.34. The molecule has 1 fully saturated rings. The van der Waals surface area contributed by atoms with E-state index in [2.05, 4.69) is 14.9 Å². The SMILES string of the molecule is OC[C@@H]1CCCN1c1nc(-c2nccs2)c2sccc2n1. The number of anilines is 1. The van der Waals surface area contributed by atoms with Crippen molar-refractivity contribution in [3.8, 4) is 10.7 Å². The number of aliphatic hydroxyl groups excluding tert-OH is 1. The third-order valence-corrected chi connectivity index (χ3v) is 5.46. The molecule has 1 N–H and O–H groups in total. The summed E-state index contributed by atoms with van der Waals surface area (Å²) < 4.78 is 1.08. The third-order valence-electron chi connectivity index (χ3n) is 3.77. The Labute approximate surface area is 129 Å². The number of fused-ring (bicyclic) bond motifs is 1. The summed E-state index contributed by atoms with van der Waals surface area (Å²) >= 11 is 3.23. The van der Waals surface area contributed by atoms with Crippen molar-refractivity contribution >= 4 is 38.8 Å². The molecular weight excluding hydrogens is 304 g/mol. The van der Waals surface area contributed by atoms with Crippen LogP contribution < -0.4 is 4.90 Å². The maximum atomic E-state index is 9.52. The Morgan fingerprint density at radius 2 is 2.24 bits per heavy atom. The Morgan fingerprint density at radius 1 is 1.29 bits per heavy atom. The molecule has 0 amide bonds. The van der Waals surface area contributed by atoms with Crippen LogP contribution in [0.25, 0.3) is 20.9 Å². The fraction of sp³-hybridized carbons (Fsp3) is 0.357. The van der Waals surface area contributed by atoms with Gasteiger partial charge in [0.25, 0.3) is 0 Å². The van der Waals surface area contributed by atoms with Gasteiger partial charge in [0, 0.05) is 18.1 Å². The summed E-state index contributed by atoms with van der Waals surface area (Å²) in [5.41, 5.74) is 1.86. The van der Waals surface area contributed by atoms with Gasteiger partial charge in [0.1, 0.15) is 10.7 Å². The molecule has 0 spiro atoms. The lowest BCUT2D eigenvalue weighted by atomic mass is 10.2. The van der Waals surface area contributed by atoms with E-state index in [-0.39, 0.29) is 12.6 Å². The summed E-state index contributed by atoms with van der Waals surface area (Å²) in [6, 6.07) is 2.15. The smallest absolute Gasteiger partial charge is 0.226 e. The first-order valence-corrected chi connectivity index (χ1v) is 8.65. The van der Waals surface area contributed by atoms with Gasteiger partial charge in [-0.2, -0.15) is 0 Å². The van der Waals surface area contributed by atoms with Gasteiger partial charge in [-0.15, -0.1) is 22.7 Å². The van der Waals surface area contributed by atoms with E-state index in [1.54, 1.807) is 28.9 Å². The first kappa shape index (κ1) is 13.1. The molecule has 4 rings (SSSR count). The van der Waals surface area contributed by atoms with Crippen LogP contribution in [0.3, 0.4) is 0 Å². The summed E-state index contributed by atoms with van der Waals surface area (Å²) in [6.07, 6.45) is 3.87. The van der Waals surface area contributed by atoms with E-state index in [1.165, 1.54) is 0 Å². The molecule has 0 unspecified atom stereocenters. The quantitative estimate of drug-likeness (QED) is 0.804. The predicted octanol–water partition coefficient (Wildman–Crippen LogP) is 2.78. The van der Waals surface area contributed by atoms with Crippen LogP contribution >= 0.6 is 22.7 Å². The van der Waals surface area contributed by atoms with E-state index < -0.39 is 0 Å². The van der Waals surface area contributed by atoms with Crippen LogP contribution in [0.15, 0.2) is 23.0 Å². The molecule has 3 aromatic heterocycles. The molecule has 1 atom stereocenters. The van der Waals surface area contributed by atoms with Crippen LogP contribution in [0.2, 0.25) is 0 Å². The Hall–Kier alpha value is -1.57. The molecule has 0 aromatic carbocycles. The van der Waals surface area contributed by atoms with Crippen molar-refractivity contribution < 1.29 is 5.11 Å². The van der Waals surface area contributed by atoms with Crippen molar-refractivity contribution in [3.63, 3.8) is 0 Å². The zero-order chi connectivity index (χ0) is 14.2. The molecule has 0 saturated carbocycles. The molecule has 21 heavy (non-hydrogen) atoms. The van der Waals surface area contributed by atoms with E-state index in [9.17, 15) is 5.11 Å². The van der Waals surface area contributed by atoms with Crippen LogP contribution in [0.1, 0.15) is 12.8 Å². The van der Waals surface area contributed by atoms with Gasteiger partial charge in [-0.05, 0) is 24.3 Å². The largest absolute Gasteiger partial charge is 0.394 e. The average molecular weight is 318 g/mol. The monoisotopic (exact) mass is 318 g/mol. The van der Waals surface area contributed by atoms with Gasteiger partial charge in [0.15, 0.2) is 0 Å². The molecule has 3 aromatic rings. The lowest BCUT2D eigenvalue weighted by Crippen LogP contribution is -2.33. The summed E-state index contributed by atoms with van der Waals surface area (Å²) in [6.45, 7) is 1.05. The Balaban J connectivity index is 1.87. The van der Waals surface area contributed by atoms with Crippen molar-refractivity contribution in [2.24, 2.45) is 0 Å². The van der Waals surface area contributed by atoms with Crippen molar-refractivity contribution in [2.45, 2.75) is 18.9 Å². The summed E-state index contributed by atoms with van der Waals surface area (Å²) in [4.78, 5) is 15.9. The average Bonchev–Trinajstić information content (AvgIpc) is 3.25. The molecule has 4 heterocycles. The molecule has 7 heteroatoms. The maximum absolute atomic E-state index is 9.52. The molecule has 1 saturated heterocycles. The van der Waals surface area contributed by atoms with E-state index in [4.69, 9.17) is 4.98 Å². The van der Waals surface area contributed by atoms with E-state index in [0.717, 1.165) is 40.3 Å². The minimum absolute atomic E-state index is 0.130. The number of aliphatic hydroxyl groups is 1. The van der Waals surface area contributed by atoms with Gasteiger partial charge >= 0.3 is 0 Å². The van der Waals surface area contributed by atoms with Crippen LogP contribution in [0.5, 0.6) is 0 Å². The van der Waals surface area contributed by atoms with Gasteiger partial charge in [-0.3, -0.25) is 0 Å². The first-order chi connectivity index (χ1) is 10.4. The minimum Gasteiger partial charge on any atom is -0.394 e. The number of rotatable bonds is 3. The second-order valence-electron chi connectivity index (χ2n) is 5.02. The first-order valence-electron chi connectivity index (χ1n) is 6.89. The Bertz CT molecular complexity index is 756. The van der Waals surface area contributed by atoms with Crippen molar-refractivity contribution in [3.05, 3.63) is 23.0 Å². The van der Waals surface area contributed by atoms with Crippen LogP contribution in [-0.2, 0) is 0 Å². The highest BCUT2D eigenvalue weighted by atomic mass is 32.1. The van der Waals surface area contributed by atoms with Crippen LogP contribution in [0, 0.1) is 0 Å². The van der Waals surface area contributed by atoms with Crippen molar-refractivity contribution in [1.29, 1.82) is 0 Å². The minimum atomic E-state index is 0.130. The van der Waals surface area contributed by atoms with Gasteiger partial charge in [0.2, 0.25) is 5.95 Å². The molecule has 0 radical (unpaired) electrons. The second-order valence-corrected chi connectivity index (χ2v) is 6.83. The molecule has 5 nitrogen and oxygen atoms in total. The van der Waals surface area contributed by atoms with Gasteiger partial charge in [-0.25, -0.2) is 15.0 Å². The topological polar surface area (TPSA) is 62.1 Å². The number of aromatic nitrogens is 3. The fourth-order valence-corrected chi connectivity index (χ4v) is 4.27. The Kier molecular flexibility index (Phi) is 3.33. The molecule has 0 aliphatic carbocycles. The second kappa shape index (κ2) is 5.32. The number of nitrogens with zero attached hydrogens (tertiary/aromatic N) is 4. The zero-order valence-corrected chi connectivity index (χ0v) is 12.9.